The number of rotatable bonds is 5. The van der Waals surface area contributed by atoms with Crippen molar-refractivity contribution < 1.29 is 27.1 Å². The molecule has 2 bridgehead atoms. The molecule has 0 spiro atoms. The number of hydrogen-bond acceptors (Lipinski definition) is 3. The molecule has 0 unspecified atom stereocenters. The monoisotopic (exact) mass is 556 g/mol. The van der Waals surface area contributed by atoms with E-state index in [0.29, 0.717) is 43.6 Å². The smallest absolute Gasteiger partial charge is 0.394 e. The molecule has 3 fully saturated rings. The lowest BCUT2D eigenvalue weighted by molar-refractivity contribution is -0.373. The van der Waals surface area contributed by atoms with E-state index in [4.69, 9.17) is 9.15 Å². The zero-order valence-electron chi connectivity index (χ0n) is 16.4. The molecule has 3 saturated carbocycles. The fourth-order valence-corrected chi connectivity index (χ4v) is 6.20. The van der Waals surface area contributed by atoms with Gasteiger partial charge in [-0.15, -0.1) is 0 Å². The molecule has 0 amide bonds. The molecule has 0 aliphatic heterocycles. The molecule has 8 heteroatoms. The third-order valence-electron chi connectivity index (χ3n) is 6.38. The average Bonchev–Trinajstić information content (AvgIpc) is 3.01. The Kier molecular flexibility index (Phi) is 4.65. The van der Waals surface area contributed by atoms with Crippen LogP contribution in [0.3, 0.4) is 0 Å². The van der Waals surface area contributed by atoms with Gasteiger partial charge in [-0.25, -0.2) is 0 Å². The van der Waals surface area contributed by atoms with Gasteiger partial charge >= 0.3 is 6.18 Å². The summed E-state index contributed by atoms with van der Waals surface area (Å²) in [6.07, 6.45) is -3.69. The van der Waals surface area contributed by atoms with Crippen LogP contribution in [0.5, 0.6) is 5.75 Å². The van der Waals surface area contributed by atoms with Gasteiger partial charge in [-0.05, 0) is 50.1 Å². The summed E-state index contributed by atoms with van der Waals surface area (Å²) < 4.78 is 52.2. The lowest BCUT2D eigenvalue weighted by atomic mass is 9.40. The van der Waals surface area contributed by atoms with E-state index in [1.54, 1.807) is 12.1 Å². The number of furan rings is 1. The number of carbonyl (C=O) groups excluding carboxylic acids is 1. The average molecular weight is 558 g/mol. The number of ether oxygens (including phenoxy) is 1. The zero-order valence-corrected chi connectivity index (χ0v) is 19.6. The fourth-order valence-electron chi connectivity index (χ4n) is 4.85. The second-order valence-electron chi connectivity index (χ2n) is 8.44. The molecule has 0 radical (unpaired) electrons. The molecule has 1 aromatic heterocycles. The van der Waals surface area contributed by atoms with Crippen LogP contribution in [-0.2, 0) is 6.42 Å². The Hall–Kier alpha value is -1.80. The molecule has 162 valence electrons. The Labute approximate surface area is 193 Å². The van der Waals surface area contributed by atoms with Crippen LogP contribution in [-0.4, -0.2) is 17.6 Å². The largest absolute Gasteiger partial charge is 0.485 e. The maximum absolute atomic E-state index is 13.4. The molecule has 0 saturated heterocycles. The molecular formula is C23H17Br2F3O3. The van der Waals surface area contributed by atoms with Crippen molar-refractivity contribution in [3.63, 3.8) is 0 Å². The van der Waals surface area contributed by atoms with Crippen molar-refractivity contribution in [3.8, 4) is 5.75 Å². The van der Waals surface area contributed by atoms with Gasteiger partial charge in [0.15, 0.2) is 5.78 Å². The number of carbonyl (C=O) groups is 1. The van der Waals surface area contributed by atoms with Crippen molar-refractivity contribution in [1.82, 2.24) is 0 Å². The molecule has 3 nitrogen and oxygen atoms in total. The summed E-state index contributed by atoms with van der Waals surface area (Å²) in [5.41, 5.74) is -0.750. The number of fused-ring (bicyclic) bond motifs is 1. The Morgan fingerprint density at radius 1 is 1.13 bits per heavy atom. The van der Waals surface area contributed by atoms with Gasteiger partial charge in [-0.3, -0.25) is 4.79 Å². The topological polar surface area (TPSA) is 39.4 Å². The van der Waals surface area contributed by atoms with Crippen LogP contribution in [0.4, 0.5) is 13.2 Å². The van der Waals surface area contributed by atoms with Gasteiger partial charge in [0.25, 0.3) is 0 Å². The van der Waals surface area contributed by atoms with E-state index in [-0.39, 0.29) is 25.0 Å². The van der Waals surface area contributed by atoms with Crippen molar-refractivity contribution in [1.29, 1.82) is 0 Å². The molecule has 1 heterocycles. The van der Waals surface area contributed by atoms with E-state index >= 15 is 0 Å². The summed E-state index contributed by atoms with van der Waals surface area (Å²) in [6, 6.07) is 10.7. The van der Waals surface area contributed by atoms with Gasteiger partial charge in [0.05, 0.1) is 19.9 Å². The Morgan fingerprint density at radius 3 is 2.32 bits per heavy atom. The van der Waals surface area contributed by atoms with Crippen molar-refractivity contribution >= 4 is 48.6 Å². The highest BCUT2D eigenvalue weighted by atomic mass is 79.9. The van der Waals surface area contributed by atoms with E-state index in [0.717, 1.165) is 5.39 Å². The van der Waals surface area contributed by atoms with Gasteiger partial charge in [0, 0.05) is 36.6 Å². The molecule has 6 rings (SSSR count). The van der Waals surface area contributed by atoms with E-state index in [1.807, 2.05) is 31.2 Å². The van der Waals surface area contributed by atoms with Crippen LogP contribution in [0.2, 0.25) is 0 Å². The number of benzene rings is 2. The second-order valence-corrected chi connectivity index (χ2v) is 10.2. The minimum atomic E-state index is -4.19. The zero-order chi connectivity index (χ0) is 22.2. The third kappa shape index (κ3) is 3.09. The summed E-state index contributed by atoms with van der Waals surface area (Å²) in [7, 11) is 0. The van der Waals surface area contributed by atoms with Crippen molar-refractivity contribution in [3.05, 3.63) is 62.2 Å². The minimum Gasteiger partial charge on any atom is -0.485 e. The number of aryl methyl sites for hydroxylation is 1. The second kappa shape index (κ2) is 6.85. The van der Waals surface area contributed by atoms with Gasteiger partial charge < -0.3 is 9.15 Å². The van der Waals surface area contributed by atoms with Crippen LogP contribution in [0.25, 0.3) is 11.0 Å². The highest BCUT2D eigenvalue weighted by Gasteiger charge is 2.80. The molecule has 3 aliphatic rings. The van der Waals surface area contributed by atoms with Crippen LogP contribution in [0, 0.1) is 5.41 Å². The number of hydrogen-bond donors (Lipinski definition) is 0. The maximum Gasteiger partial charge on any atom is 0.394 e. The molecule has 0 N–H and O–H groups in total. The minimum absolute atomic E-state index is 0.0239. The lowest BCUT2D eigenvalue weighted by Crippen LogP contribution is -2.75. The third-order valence-corrected chi connectivity index (χ3v) is 7.56. The first-order chi connectivity index (χ1) is 14.6. The molecule has 2 aromatic carbocycles. The van der Waals surface area contributed by atoms with Gasteiger partial charge in [-0.1, -0.05) is 25.1 Å². The van der Waals surface area contributed by atoms with E-state index in [9.17, 15) is 18.0 Å². The van der Waals surface area contributed by atoms with Gasteiger partial charge in [-0.2, -0.15) is 13.2 Å². The highest BCUT2D eigenvalue weighted by Crippen LogP contribution is 2.74. The van der Waals surface area contributed by atoms with Crippen LogP contribution < -0.4 is 4.74 Å². The summed E-state index contributed by atoms with van der Waals surface area (Å²) in [5.74, 6) is 0.848. The van der Waals surface area contributed by atoms with Crippen LogP contribution in [0.1, 0.15) is 47.9 Å². The fraction of sp³-hybridized carbons (Fsp3) is 0.348. The molecular weight excluding hydrogens is 541 g/mol. The first-order valence-electron chi connectivity index (χ1n) is 9.88. The molecule has 0 atom stereocenters. The maximum atomic E-state index is 13.4. The summed E-state index contributed by atoms with van der Waals surface area (Å²) >= 11 is 6.88. The molecule has 3 aromatic rings. The predicted octanol–water partition coefficient (Wildman–Crippen LogP) is 7.62. The van der Waals surface area contributed by atoms with Crippen molar-refractivity contribution in [2.24, 2.45) is 5.41 Å². The van der Waals surface area contributed by atoms with E-state index in [1.165, 1.54) is 0 Å². The number of alkyl halides is 3. The Balaban J connectivity index is 1.44. The van der Waals surface area contributed by atoms with Gasteiger partial charge in [0.2, 0.25) is 0 Å². The highest BCUT2D eigenvalue weighted by molar-refractivity contribution is 9.11. The van der Waals surface area contributed by atoms with E-state index < -0.39 is 17.2 Å². The standard InChI is InChI=1S/C23H17Br2F3O3/c1-2-16-18(13-5-3-4-6-17(13)30-16)19(29)12-7-14(24)20(15(25)8-12)31-22-9-21(10-22,11-22)23(26,27)28/h3-8H,2,9-11H2,1H3. The normalized spacial score (nSPS) is 24.6. The number of ketones is 1. The van der Waals surface area contributed by atoms with Crippen LogP contribution >= 0.6 is 31.9 Å². The van der Waals surface area contributed by atoms with Crippen molar-refractivity contribution in [2.75, 3.05) is 0 Å². The van der Waals surface area contributed by atoms with Gasteiger partial charge in [0.1, 0.15) is 22.7 Å². The Bertz CT molecular complexity index is 1190. The summed E-state index contributed by atoms with van der Waals surface area (Å²) in [4.78, 5) is 13.4. The first-order valence-corrected chi connectivity index (χ1v) is 11.5. The summed E-state index contributed by atoms with van der Waals surface area (Å²) in [6.45, 7) is 1.93. The lowest BCUT2D eigenvalue weighted by Gasteiger charge is -2.69. The molecule has 31 heavy (non-hydrogen) atoms. The number of halogens is 5. The first kappa shape index (κ1) is 21.1. The Morgan fingerprint density at radius 2 is 1.74 bits per heavy atom. The quantitative estimate of drug-likeness (QED) is 0.303. The summed E-state index contributed by atoms with van der Waals surface area (Å²) in [5, 5.41) is 0.753. The number of para-hydroxylation sites is 1. The van der Waals surface area contributed by atoms with Crippen LogP contribution in [0.15, 0.2) is 49.8 Å². The van der Waals surface area contributed by atoms with E-state index in [2.05, 4.69) is 31.9 Å². The SMILES string of the molecule is CCc1oc2ccccc2c1C(=O)c1cc(Br)c(OC23CC(C(F)(F)F)(C2)C3)c(Br)c1. The predicted molar refractivity (Wildman–Crippen MR) is 117 cm³/mol. The van der Waals surface area contributed by atoms with Crippen molar-refractivity contribution in [2.45, 2.75) is 44.4 Å². The molecule has 3 aliphatic carbocycles.